The van der Waals surface area contributed by atoms with E-state index in [1.807, 2.05) is 0 Å². The molecule has 0 atom stereocenters. The lowest BCUT2D eigenvalue weighted by molar-refractivity contribution is -0.385. The van der Waals surface area contributed by atoms with Gasteiger partial charge in [0, 0.05) is 6.07 Å². The molecule has 1 heterocycles. The molecule has 2 rings (SSSR count). The minimum atomic E-state index is -0.546. The Morgan fingerprint density at radius 3 is 2.79 bits per heavy atom. The Morgan fingerprint density at radius 2 is 2.16 bits per heavy atom. The molecule has 5 nitrogen and oxygen atoms in total. The van der Waals surface area contributed by atoms with Crippen LogP contribution in [0.25, 0.3) is 0 Å². The van der Waals surface area contributed by atoms with E-state index < -0.39 is 4.92 Å². The van der Waals surface area contributed by atoms with E-state index in [0.29, 0.717) is 9.35 Å². The van der Waals surface area contributed by atoms with E-state index in [4.69, 9.17) is 4.74 Å². The Bertz CT molecular complexity index is 612. The predicted molar refractivity (Wildman–Crippen MR) is 74.9 cm³/mol. The number of Topliss-reactive ketones (excluding diaryl/α,β-unsaturated/α-hetero) is 1. The van der Waals surface area contributed by atoms with Gasteiger partial charge in [-0.2, -0.15) is 0 Å². The van der Waals surface area contributed by atoms with Gasteiger partial charge in [-0.1, -0.05) is 12.1 Å². The molecule has 7 heteroatoms. The number of thiophene rings is 1. The molecule has 2 aromatic rings. The van der Waals surface area contributed by atoms with Crippen molar-refractivity contribution in [3.8, 4) is 5.75 Å². The Kier molecular flexibility index (Phi) is 4.28. The van der Waals surface area contributed by atoms with Gasteiger partial charge < -0.3 is 4.74 Å². The SMILES string of the molecule is O=C(COc1c(Br)cccc1[N+](=O)[O-])c1cccs1. The average molecular weight is 342 g/mol. The molecule has 1 aromatic carbocycles. The molecule has 1 aromatic heterocycles. The topological polar surface area (TPSA) is 69.4 Å². The van der Waals surface area contributed by atoms with E-state index in [2.05, 4.69) is 15.9 Å². The Morgan fingerprint density at radius 1 is 1.37 bits per heavy atom. The summed E-state index contributed by atoms with van der Waals surface area (Å²) in [6, 6.07) is 7.94. The maximum atomic E-state index is 11.8. The number of nitro benzene ring substituents is 1. The Labute approximate surface area is 121 Å². The van der Waals surface area contributed by atoms with Gasteiger partial charge in [0.15, 0.2) is 6.61 Å². The summed E-state index contributed by atoms with van der Waals surface area (Å²) in [5, 5.41) is 12.7. The smallest absolute Gasteiger partial charge is 0.312 e. The number of benzene rings is 1. The van der Waals surface area contributed by atoms with Crippen molar-refractivity contribution >= 4 is 38.7 Å². The number of nitrogens with zero attached hydrogens (tertiary/aromatic N) is 1. The fraction of sp³-hybridized carbons (Fsp3) is 0.0833. The lowest BCUT2D eigenvalue weighted by Crippen LogP contribution is -2.11. The van der Waals surface area contributed by atoms with E-state index in [1.165, 1.54) is 23.5 Å². The van der Waals surface area contributed by atoms with Crippen LogP contribution in [0.5, 0.6) is 5.75 Å². The van der Waals surface area contributed by atoms with Crippen LogP contribution >= 0.6 is 27.3 Å². The van der Waals surface area contributed by atoms with Gasteiger partial charge in [0.05, 0.1) is 14.3 Å². The van der Waals surface area contributed by atoms with Crippen LogP contribution < -0.4 is 4.74 Å². The molecule has 98 valence electrons. The molecule has 0 saturated carbocycles. The molecule has 0 aliphatic carbocycles. The van der Waals surface area contributed by atoms with E-state index in [9.17, 15) is 14.9 Å². The molecule has 0 bridgehead atoms. The Hall–Kier alpha value is -1.73. The van der Waals surface area contributed by atoms with Crippen molar-refractivity contribution in [2.24, 2.45) is 0 Å². The highest BCUT2D eigenvalue weighted by Crippen LogP contribution is 2.34. The van der Waals surface area contributed by atoms with Gasteiger partial charge in [-0.15, -0.1) is 11.3 Å². The molecule has 0 spiro atoms. The van der Waals surface area contributed by atoms with Gasteiger partial charge in [-0.25, -0.2) is 0 Å². The first-order chi connectivity index (χ1) is 9.09. The average Bonchev–Trinajstić information content (AvgIpc) is 2.90. The summed E-state index contributed by atoms with van der Waals surface area (Å²) in [5.74, 6) is -0.141. The van der Waals surface area contributed by atoms with Crippen molar-refractivity contribution in [2.75, 3.05) is 6.61 Å². The Balaban J connectivity index is 2.16. The maximum absolute atomic E-state index is 11.8. The van der Waals surface area contributed by atoms with Gasteiger partial charge in [-0.05, 0) is 33.4 Å². The lowest BCUT2D eigenvalue weighted by Gasteiger charge is -2.07. The number of nitro groups is 1. The summed E-state index contributed by atoms with van der Waals surface area (Å²) in [6.07, 6.45) is 0. The monoisotopic (exact) mass is 341 g/mol. The number of carbonyl (C=O) groups is 1. The number of ketones is 1. The van der Waals surface area contributed by atoms with Gasteiger partial charge in [-0.3, -0.25) is 14.9 Å². The second kappa shape index (κ2) is 5.94. The summed E-state index contributed by atoms with van der Waals surface area (Å²) < 4.78 is 5.73. The standard InChI is InChI=1S/C12H8BrNO4S/c13-8-3-1-4-9(14(16)17)12(8)18-7-10(15)11-5-2-6-19-11/h1-6H,7H2. The largest absolute Gasteiger partial charge is 0.478 e. The molecular weight excluding hydrogens is 334 g/mol. The summed E-state index contributed by atoms with van der Waals surface area (Å²) in [4.78, 5) is 22.7. The molecule has 0 aliphatic rings. The number of halogens is 1. The van der Waals surface area contributed by atoms with Crippen LogP contribution in [0.15, 0.2) is 40.2 Å². The molecule has 0 amide bonds. The highest BCUT2D eigenvalue weighted by molar-refractivity contribution is 9.10. The normalized spacial score (nSPS) is 10.2. The minimum absolute atomic E-state index is 0.0670. The predicted octanol–water partition coefficient (Wildman–Crippen LogP) is 3.68. The number of rotatable bonds is 5. The zero-order chi connectivity index (χ0) is 13.8. The van der Waals surface area contributed by atoms with Crippen LogP contribution in [0, 0.1) is 10.1 Å². The summed E-state index contributed by atoms with van der Waals surface area (Å²) in [6.45, 7) is -0.232. The molecule has 0 radical (unpaired) electrons. The minimum Gasteiger partial charge on any atom is -0.478 e. The van der Waals surface area contributed by atoms with Crippen LogP contribution in [0.1, 0.15) is 9.67 Å². The van der Waals surface area contributed by atoms with Crippen molar-refractivity contribution in [3.63, 3.8) is 0 Å². The molecule has 0 saturated heterocycles. The highest BCUT2D eigenvalue weighted by Gasteiger charge is 2.19. The maximum Gasteiger partial charge on any atom is 0.312 e. The number of carbonyl (C=O) groups excluding carboxylic acids is 1. The highest BCUT2D eigenvalue weighted by atomic mass is 79.9. The van der Waals surface area contributed by atoms with Crippen LogP contribution in [0.2, 0.25) is 0 Å². The van der Waals surface area contributed by atoms with Crippen LogP contribution in [0.3, 0.4) is 0 Å². The number of hydrogen-bond acceptors (Lipinski definition) is 5. The fourth-order valence-corrected chi connectivity index (χ4v) is 2.55. The molecule has 0 fully saturated rings. The van der Waals surface area contributed by atoms with Gasteiger partial charge in [0.1, 0.15) is 0 Å². The number of ether oxygens (including phenoxy) is 1. The summed E-state index contributed by atoms with van der Waals surface area (Å²) in [5.41, 5.74) is -0.173. The first-order valence-corrected chi connectivity index (χ1v) is 6.89. The lowest BCUT2D eigenvalue weighted by atomic mass is 10.3. The second-order valence-corrected chi connectivity index (χ2v) is 5.34. The second-order valence-electron chi connectivity index (χ2n) is 3.53. The summed E-state index contributed by atoms with van der Waals surface area (Å²) >= 11 is 4.48. The number of para-hydroxylation sites is 1. The van der Waals surface area contributed by atoms with Gasteiger partial charge >= 0.3 is 5.69 Å². The van der Waals surface area contributed by atoms with E-state index in [-0.39, 0.29) is 23.8 Å². The van der Waals surface area contributed by atoms with Crippen LogP contribution in [-0.2, 0) is 0 Å². The quantitative estimate of drug-likeness (QED) is 0.472. The third-order valence-electron chi connectivity index (χ3n) is 2.29. The van der Waals surface area contributed by atoms with Gasteiger partial charge in [0.2, 0.25) is 11.5 Å². The number of hydrogen-bond donors (Lipinski definition) is 0. The molecule has 0 aliphatic heterocycles. The van der Waals surface area contributed by atoms with Crippen LogP contribution in [-0.4, -0.2) is 17.3 Å². The third kappa shape index (κ3) is 3.18. The molecule has 19 heavy (non-hydrogen) atoms. The zero-order valence-electron chi connectivity index (χ0n) is 9.54. The van der Waals surface area contributed by atoms with Crippen molar-refractivity contribution in [2.45, 2.75) is 0 Å². The third-order valence-corrected chi connectivity index (χ3v) is 3.82. The summed E-state index contributed by atoms with van der Waals surface area (Å²) in [7, 11) is 0. The van der Waals surface area contributed by atoms with E-state index >= 15 is 0 Å². The van der Waals surface area contributed by atoms with Crippen LogP contribution in [0.4, 0.5) is 5.69 Å². The first-order valence-electron chi connectivity index (χ1n) is 5.22. The van der Waals surface area contributed by atoms with Gasteiger partial charge in [0.25, 0.3) is 0 Å². The van der Waals surface area contributed by atoms with Crippen molar-refractivity contribution in [1.29, 1.82) is 0 Å². The molecule has 0 N–H and O–H groups in total. The molecule has 0 unspecified atom stereocenters. The zero-order valence-corrected chi connectivity index (χ0v) is 11.9. The van der Waals surface area contributed by atoms with Crippen molar-refractivity contribution < 1.29 is 14.5 Å². The molecular formula is C12H8BrNO4S. The van der Waals surface area contributed by atoms with Crippen molar-refractivity contribution in [1.82, 2.24) is 0 Å². The fourth-order valence-electron chi connectivity index (χ4n) is 1.43. The van der Waals surface area contributed by atoms with Crippen molar-refractivity contribution in [3.05, 3.63) is 55.2 Å². The van der Waals surface area contributed by atoms with E-state index in [0.717, 1.165) is 0 Å². The first kappa shape index (κ1) is 13.7. The van der Waals surface area contributed by atoms with E-state index in [1.54, 1.807) is 23.6 Å².